The van der Waals surface area contributed by atoms with Crippen molar-refractivity contribution in [1.29, 1.82) is 0 Å². The quantitative estimate of drug-likeness (QED) is 0.271. The summed E-state index contributed by atoms with van der Waals surface area (Å²) in [7, 11) is 0. The lowest BCUT2D eigenvalue weighted by Crippen LogP contribution is -2.18. The Hall–Kier alpha value is -0.730. The SMILES string of the molecule is CCCCCCCCC(CCCCC)COC(=O)OC(C)C. The van der Waals surface area contributed by atoms with Gasteiger partial charge in [-0.05, 0) is 32.6 Å². The third-order valence-electron chi connectivity index (χ3n) is 3.95. The molecule has 0 radical (unpaired) electrons. The molecule has 0 N–H and O–H groups in total. The summed E-state index contributed by atoms with van der Waals surface area (Å²) < 4.78 is 10.3. The average Bonchev–Trinajstić information content (AvgIpc) is 2.47. The Bertz CT molecular complexity index is 251. The Balaban J connectivity index is 3.90. The zero-order valence-electron chi connectivity index (χ0n) is 15.4. The Morgan fingerprint density at radius 1 is 0.818 bits per heavy atom. The summed E-state index contributed by atoms with van der Waals surface area (Å²) in [5.41, 5.74) is 0. The molecule has 0 aliphatic rings. The molecular weight excluding hydrogens is 276 g/mol. The number of hydrogen-bond acceptors (Lipinski definition) is 3. The van der Waals surface area contributed by atoms with Gasteiger partial charge in [0, 0.05) is 0 Å². The summed E-state index contributed by atoms with van der Waals surface area (Å²) in [6.07, 6.45) is 13.4. The fraction of sp³-hybridized carbons (Fsp3) is 0.947. The van der Waals surface area contributed by atoms with Crippen LogP contribution in [-0.4, -0.2) is 18.9 Å². The van der Waals surface area contributed by atoms with Gasteiger partial charge in [0.25, 0.3) is 0 Å². The number of rotatable bonds is 14. The second-order valence-corrected chi connectivity index (χ2v) is 6.65. The third kappa shape index (κ3) is 14.2. The van der Waals surface area contributed by atoms with Crippen LogP contribution in [0.2, 0.25) is 0 Å². The van der Waals surface area contributed by atoms with Crippen LogP contribution in [0.15, 0.2) is 0 Å². The van der Waals surface area contributed by atoms with Crippen LogP contribution in [-0.2, 0) is 9.47 Å². The van der Waals surface area contributed by atoms with E-state index in [4.69, 9.17) is 9.47 Å². The molecule has 22 heavy (non-hydrogen) atoms. The molecule has 1 atom stereocenters. The summed E-state index contributed by atoms with van der Waals surface area (Å²) in [6, 6.07) is 0. The molecule has 0 heterocycles. The zero-order valence-corrected chi connectivity index (χ0v) is 15.4. The average molecular weight is 315 g/mol. The van der Waals surface area contributed by atoms with Crippen molar-refractivity contribution < 1.29 is 14.3 Å². The predicted octanol–water partition coefficient (Wildman–Crippen LogP) is 6.50. The largest absolute Gasteiger partial charge is 0.508 e. The van der Waals surface area contributed by atoms with Crippen LogP contribution in [0.5, 0.6) is 0 Å². The van der Waals surface area contributed by atoms with Gasteiger partial charge in [-0.25, -0.2) is 4.79 Å². The van der Waals surface area contributed by atoms with Gasteiger partial charge in [-0.15, -0.1) is 0 Å². The van der Waals surface area contributed by atoms with E-state index in [1.54, 1.807) is 0 Å². The minimum atomic E-state index is -0.515. The lowest BCUT2D eigenvalue weighted by molar-refractivity contribution is 0.0234. The van der Waals surface area contributed by atoms with E-state index in [1.165, 1.54) is 64.2 Å². The van der Waals surface area contributed by atoms with Gasteiger partial charge >= 0.3 is 6.16 Å². The van der Waals surface area contributed by atoms with E-state index in [0.717, 1.165) is 6.42 Å². The molecular formula is C19H38O3. The molecule has 3 heteroatoms. The van der Waals surface area contributed by atoms with Gasteiger partial charge in [0.15, 0.2) is 0 Å². The standard InChI is InChI=1S/C19H38O3/c1-5-7-9-10-11-13-15-18(14-12-8-6-2)16-21-19(20)22-17(3)4/h17-18H,5-16H2,1-4H3. The molecule has 0 fully saturated rings. The molecule has 0 aromatic heterocycles. The minimum absolute atomic E-state index is 0.107. The molecule has 3 nitrogen and oxygen atoms in total. The second-order valence-electron chi connectivity index (χ2n) is 6.65. The van der Waals surface area contributed by atoms with E-state index in [1.807, 2.05) is 13.8 Å². The molecule has 0 rings (SSSR count). The summed E-state index contributed by atoms with van der Waals surface area (Å²) >= 11 is 0. The van der Waals surface area contributed by atoms with Crippen LogP contribution >= 0.6 is 0 Å². The third-order valence-corrected chi connectivity index (χ3v) is 3.95. The Morgan fingerprint density at radius 2 is 1.32 bits per heavy atom. The van der Waals surface area contributed by atoms with Crippen LogP contribution in [0.4, 0.5) is 4.79 Å². The lowest BCUT2D eigenvalue weighted by Gasteiger charge is -2.17. The van der Waals surface area contributed by atoms with E-state index < -0.39 is 6.16 Å². The smallest absolute Gasteiger partial charge is 0.434 e. The van der Waals surface area contributed by atoms with Crippen molar-refractivity contribution in [3.63, 3.8) is 0 Å². The molecule has 0 bridgehead atoms. The van der Waals surface area contributed by atoms with Crippen molar-refractivity contribution in [1.82, 2.24) is 0 Å². The fourth-order valence-electron chi connectivity index (χ4n) is 2.62. The van der Waals surface area contributed by atoms with Gasteiger partial charge in [0.2, 0.25) is 0 Å². The molecule has 0 aromatic carbocycles. The summed E-state index contributed by atoms with van der Waals surface area (Å²) in [5, 5.41) is 0. The number of ether oxygens (including phenoxy) is 2. The summed E-state index contributed by atoms with van der Waals surface area (Å²) in [6.45, 7) is 8.67. The number of hydrogen-bond donors (Lipinski definition) is 0. The van der Waals surface area contributed by atoms with Crippen LogP contribution in [0, 0.1) is 5.92 Å². The molecule has 0 aliphatic heterocycles. The van der Waals surface area contributed by atoms with Gasteiger partial charge in [-0.2, -0.15) is 0 Å². The van der Waals surface area contributed by atoms with Crippen molar-refractivity contribution in [3.05, 3.63) is 0 Å². The number of unbranched alkanes of at least 4 members (excludes halogenated alkanes) is 7. The molecule has 132 valence electrons. The first kappa shape index (κ1) is 21.3. The van der Waals surface area contributed by atoms with Crippen molar-refractivity contribution in [3.8, 4) is 0 Å². The van der Waals surface area contributed by atoms with Crippen molar-refractivity contribution >= 4 is 6.16 Å². The predicted molar refractivity (Wildman–Crippen MR) is 93.2 cm³/mol. The Labute approximate surface area is 138 Å². The van der Waals surface area contributed by atoms with Crippen molar-refractivity contribution in [2.75, 3.05) is 6.61 Å². The molecule has 0 aliphatic carbocycles. The maximum atomic E-state index is 11.5. The molecule has 0 saturated carbocycles. The number of carbonyl (C=O) groups excluding carboxylic acids is 1. The molecule has 0 spiro atoms. The van der Waals surface area contributed by atoms with E-state index in [-0.39, 0.29) is 6.10 Å². The Morgan fingerprint density at radius 3 is 1.91 bits per heavy atom. The molecule has 0 aromatic rings. The lowest BCUT2D eigenvalue weighted by atomic mass is 9.95. The highest BCUT2D eigenvalue weighted by atomic mass is 16.7. The van der Waals surface area contributed by atoms with Gasteiger partial charge in [-0.3, -0.25) is 0 Å². The highest BCUT2D eigenvalue weighted by Crippen LogP contribution is 2.19. The van der Waals surface area contributed by atoms with Gasteiger partial charge in [0.1, 0.15) is 0 Å². The first-order chi connectivity index (χ1) is 10.6. The van der Waals surface area contributed by atoms with E-state index >= 15 is 0 Å². The van der Waals surface area contributed by atoms with Crippen LogP contribution < -0.4 is 0 Å². The maximum absolute atomic E-state index is 11.5. The molecule has 1 unspecified atom stereocenters. The monoisotopic (exact) mass is 314 g/mol. The molecule has 0 amide bonds. The number of carbonyl (C=O) groups is 1. The topological polar surface area (TPSA) is 35.5 Å². The van der Waals surface area contributed by atoms with Gasteiger partial charge in [-0.1, -0.05) is 71.6 Å². The maximum Gasteiger partial charge on any atom is 0.508 e. The first-order valence-electron chi connectivity index (χ1n) is 9.43. The second kappa shape index (κ2) is 15.2. The van der Waals surface area contributed by atoms with Gasteiger partial charge in [0.05, 0.1) is 12.7 Å². The molecule has 0 saturated heterocycles. The van der Waals surface area contributed by atoms with Crippen LogP contribution in [0.25, 0.3) is 0 Å². The van der Waals surface area contributed by atoms with Crippen molar-refractivity contribution in [2.45, 2.75) is 104 Å². The van der Waals surface area contributed by atoms with Crippen molar-refractivity contribution in [2.24, 2.45) is 5.92 Å². The minimum Gasteiger partial charge on any atom is -0.434 e. The summed E-state index contributed by atoms with van der Waals surface area (Å²) in [5.74, 6) is 0.498. The van der Waals surface area contributed by atoms with E-state index in [9.17, 15) is 4.79 Å². The normalized spacial score (nSPS) is 12.4. The van der Waals surface area contributed by atoms with E-state index in [2.05, 4.69) is 13.8 Å². The van der Waals surface area contributed by atoms with E-state index in [0.29, 0.717) is 12.5 Å². The highest BCUT2D eigenvalue weighted by molar-refractivity contribution is 5.59. The zero-order chi connectivity index (χ0) is 16.6. The van der Waals surface area contributed by atoms with Crippen LogP contribution in [0.3, 0.4) is 0 Å². The summed E-state index contributed by atoms with van der Waals surface area (Å²) in [4.78, 5) is 11.5. The van der Waals surface area contributed by atoms with Gasteiger partial charge < -0.3 is 9.47 Å². The fourth-order valence-corrected chi connectivity index (χ4v) is 2.62. The highest BCUT2D eigenvalue weighted by Gasteiger charge is 2.13. The van der Waals surface area contributed by atoms with Crippen LogP contribution in [0.1, 0.15) is 98.3 Å². The first-order valence-corrected chi connectivity index (χ1v) is 9.43. The Kier molecular flexibility index (Phi) is 14.7.